The molecule has 1 amide bonds. The molecule has 0 unspecified atom stereocenters. The number of sulfone groups is 1. The zero-order valence-corrected chi connectivity index (χ0v) is 13.5. The fourth-order valence-electron chi connectivity index (χ4n) is 3.43. The second-order valence-corrected chi connectivity index (χ2v) is 8.72. The third kappa shape index (κ3) is 3.51. The maximum absolute atomic E-state index is 12.2. The third-order valence-corrected chi connectivity index (χ3v) is 6.98. The van der Waals surface area contributed by atoms with Crippen LogP contribution in [0.4, 0.5) is 0 Å². The maximum Gasteiger partial charge on any atom is 0.221 e. The largest absolute Gasteiger partial charge is 0.352 e. The first-order valence-corrected chi connectivity index (χ1v) is 9.77. The molecule has 0 bridgehead atoms. The summed E-state index contributed by atoms with van der Waals surface area (Å²) in [7, 11) is -3.11. The summed E-state index contributed by atoms with van der Waals surface area (Å²) in [6, 6.07) is 0.0726. The van der Waals surface area contributed by atoms with Crippen LogP contribution in [0.25, 0.3) is 0 Å². The van der Waals surface area contributed by atoms with Crippen molar-refractivity contribution in [1.82, 2.24) is 14.9 Å². The van der Waals surface area contributed by atoms with E-state index >= 15 is 0 Å². The minimum atomic E-state index is -3.11. The Morgan fingerprint density at radius 3 is 2.86 bits per heavy atom. The van der Waals surface area contributed by atoms with E-state index in [1.807, 2.05) is 10.8 Å². The molecule has 1 aliphatic carbocycles. The number of hydrogen-bond acceptors (Lipinski definition) is 4. The fraction of sp³-hybridized carbons (Fsp3) is 0.733. The van der Waals surface area contributed by atoms with Crippen LogP contribution in [0.2, 0.25) is 0 Å². The highest BCUT2D eigenvalue weighted by atomic mass is 32.2. The molecule has 6 nitrogen and oxygen atoms in total. The second-order valence-electron chi connectivity index (χ2n) is 6.32. The summed E-state index contributed by atoms with van der Waals surface area (Å²) in [5, 5.41) is 2.74. The molecule has 2 heterocycles. The van der Waals surface area contributed by atoms with Gasteiger partial charge < -0.3 is 9.88 Å². The van der Waals surface area contributed by atoms with Gasteiger partial charge in [0.05, 0.1) is 11.0 Å². The quantitative estimate of drug-likeness (QED) is 0.878. The number of fused-ring (bicyclic) bond motifs is 1. The van der Waals surface area contributed by atoms with E-state index in [1.165, 1.54) is 0 Å². The van der Waals surface area contributed by atoms with Crippen LogP contribution < -0.4 is 5.32 Å². The Bertz CT molecular complexity index is 632. The van der Waals surface area contributed by atoms with Crippen molar-refractivity contribution in [3.63, 3.8) is 0 Å². The molecule has 1 aromatic rings. The van der Waals surface area contributed by atoms with E-state index in [2.05, 4.69) is 10.3 Å². The molecule has 7 heteroatoms. The molecule has 1 aromatic heterocycles. The van der Waals surface area contributed by atoms with Crippen molar-refractivity contribution in [3.05, 3.63) is 18.2 Å². The van der Waals surface area contributed by atoms with Gasteiger partial charge in [-0.15, -0.1) is 0 Å². The summed E-state index contributed by atoms with van der Waals surface area (Å²) in [5.41, 5.74) is 0. The number of carbonyl (C=O) groups excluding carboxylic acids is 1. The van der Waals surface area contributed by atoms with Gasteiger partial charge in [0.25, 0.3) is 0 Å². The fourth-order valence-corrected chi connectivity index (χ4v) is 5.29. The highest BCUT2D eigenvalue weighted by molar-refractivity contribution is 7.92. The standard InChI is InChI=1S/C15H23N3O3S/c19-15(7-10-22(20,21)13-3-1-2-4-13)17-12-5-6-14-16-8-9-18(14)11-12/h8-9,12-13H,1-7,10-11H2,(H,17,19)/t12-/m1/s1. The number of aryl methyl sites for hydroxylation is 1. The second kappa shape index (κ2) is 6.40. The van der Waals surface area contributed by atoms with Crippen molar-refractivity contribution >= 4 is 15.7 Å². The highest BCUT2D eigenvalue weighted by Gasteiger charge is 2.29. The van der Waals surface area contributed by atoms with Crippen molar-refractivity contribution in [2.45, 2.75) is 62.8 Å². The SMILES string of the molecule is O=C(CCS(=O)(=O)C1CCCC1)N[C@@H]1CCc2nccn2C1. The molecular weight excluding hydrogens is 302 g/mol. The van der Waals surface area contributed by atoms with Gasteiger partial charge in [0.15, 0.2) is 9.84 Å². The van der Waals surface area contributed by atoms with Gasteiger partial charge in [0.2, 0.25) is 5.91 Å². The highest BCUT2D eigenvalue weighted by Crippen LogP contribution is 2.25. The van der Waals surface area contributed by atoms with Crippen molar-refractivity contribution in [2.24, 2.45) is 0 Å². The number of nitrogens with zero attached hydrogens (tertiary/aromatic N) is 2. The van der Waals surface area contributed by atoms with Gasteiger partial charge in [-0.2, -0.15) is 0 Å². The van der Waals surface area contributed by atoms with Crippen LogP contribution in [-0.4, -0.2) is 40.9 Å². The van der Waals surface area contributed by atoms with Crippen LogP contribution in [0.3, 0.4) is 0 Å². The Kier molecular flexibility index (Phi) is 4.52. The van der Waals surface area contributed by atoms with E-state index in [0.29, 0.717) is 0 Å². The predicted octanol–water partition coefficient (Wildman–Crippen LogP) is 1.06. The van der Waals surface area contributed by atoms with Crippen molar-refractivity contribution in [2.75, 3.05) is 5.75 Å². The van der Waals surface area contributed by atoms with Gasteiger partial charge >= 0.3 is 0 Å². The summed E-state index contributed by atoms with van der Waals surface area (Å²) >= 11 is 0. The molecule has 0 saturated heterocycles. The Morgan fingerprint density at radius 1 is 1.32 bits per heavy atom. The molecule has 1 N–H and O–H groups in total. The average molecular weight is 325 g/mol. The first kappa shape index (κ1) is 15.5. The molecule has 122 valence electrons. The van der Waals surface area contributed by atoms with Crippen LogP contribution in [-0.2, 0) is 27.6 Å². The van der Waals surface area contributed by atoms with E-state index in [9.17, 15) is 13.2 Å². The Hall–Kier alpha value is -1.37. The Labute approximate surface area is 131 Å². The van der Waals surface area contributed by atoms with Crippen molar-refractivity contribution in [3.8, 4) is 0 Å². The number of amides is 1. The topological polar surface area (TPSA) is 81.1 Å². The van der Waals surface area contributed by atoms with Gasteiger partial charge in [-0.05, 0) is 19.3 Å². The predicted molar refractivity (Wildman–Crippen MR) is 83.1 cm³/mol. The van der Waals surface area contributed by atoms with Gasteiger partial charge in [-0.1, -0.05) is 12.8 Å². The average Bonchev–Trinajstić information content (AvgIpc) is 3.16. The van der Waals surface area contributed by atoms with Crippen LogP contribution in [0.15, 0.2) is 12.4 Å². The van der Waals surface area contributed by atoms with Crippen LogP contribution in [0.5, 0.6) is 0 Å². The molecule has 3 rings (SSSR count). The molecule has 1 saturated carbocycles. The van der Waals surface area contributed by atoms with Gasteiger partial charge in [0, 0.05) is 37.8 Å². The van der Waals surface area contributed by atoms with E-state index in [1.54, 1.807) is 6.20 Å². The molecule has 0 aromatic carbocycles. The maximum atomic E-state index is 12.2. The summed E-state index contributed by atoms with van der Waals surface area (Å²) in [5.74, 6) is 0.872. The monoisotopic (exact) mass is 325 g/mol. The summed E-state index contributed by atoms with van der Waals surface area (Å²) in [4.78, 5) is 16.3. The summed E-state index contributed by atoms with van der Waals surface area (Å²) in [6.45, 7) is 0.719. The number of rotatable bonds is 5. The van der Waals surface area contributed by atoms with Crippen LogP contribution >= 0.6 is 0 Å². The molecule has 0 radical (unpaired) electrons. The first-order valence-electron chi connectivity index (χ1n) is 8.05. The van der Waals surface area contributed by atoms with E-state index < -0.39 is 9.84 Å². The van der Waals surface area contributed by atoms with Crippen LogP contribution in [0, 0.1) is 0 Å². The number of carbonyl (C=O) groups is 1. The smallest absolute Gasteiger partial charge is 0.221 e. The minimum absolute atomic E-state index is 0.0213. The molecule has 22 heavy (non-hydrogen) atoms. The Morgan fingerprint density at radius 2 is 2.09 bits per heavy atom. The number of aromatic nitrogens is 2. The van der Waals surface area contributed by atoms with Gasteiger partial charge in [-0.3, -0.25) is 4.79 Å². The van der Waals surface area contributed by atoms with E-state index in [-0.39, 0.29) is 29.4 Å². The number of imidazole rings is 1. The number of nitrogens with one attached hydrogen (secondary N) is 1. The molecule has 0 spiro atoms. The molecular formula is C15H23N3O3S. The lowest BCUT2D eigenvalue weighted by atomic mass is 10.1. The molecule has 1 fully saturated rings. The van der Waals surface area contributed by atoms with Gasteiger partial charge in [0.1, 0.15) is 5.82 Å². The lowest BCUT2D eigenvalue weighted by molar-refractivity contribution is -0.121. The van der Waals surface area contributed by atoms with Crippen molar-refractivity contribution < 1.29 is 13.2 Å². The molecule has 1 aliphatic heterocycles. The van der Waals surface area contributed by atoms with E-state index in [4.69, 9.17) is 0 Å². The number of hydrogen-bond donors (Lipinski definition) is 1. The lowest BCUT2D eigenvalue weighted by Gasteiger charge is -2.24. The normalized spacial score (nSPS) is 22.5. The molecule has 2 aliphatic rings. The van der Waals surface area contributed by atoms with Gasteiger partial charge in [-0.25, -0.2) is 13.4 Å². The first-order chi connectivity index (χ1) is 10.5. The zero-order valence-electron chi connectivity index (χ0n) is 12.7. The zero-order chi connectivity index (χ0) is 15.6. The lowest BCUT2D eigenvalue weighted by Crippen LogP contribution is -2.41. The van der Waals surface area contributed by atoms with E-state index in [0.717, 1.165) is 50.9 Å². The Balaban J connectivity index is 1.47. The third-order valence-electron chi connectivity index (χ3n) is 4.72. The molecule has 1 atom stereocenters. The van der Waals surface area contributed by atoms with Crippen LogP contribution in [0.1, 0.15) is 44.3 Å². The minimum Gasteiger partial charge on any atom is -0.352 e. The van der Waals surface area contributed by atoms with Crippen molar-refractivity contribution in [1.29, 1.82) is 0 Å². The summed E-state index contributed by atoms with van der Waals surface area (Å²) in [6.07, 6.45) is 8.97. The summed E-state index contributed by atoms with van der Waals surface area (Å²) < 4.78 is 26.4.